The first-order valence-electron chi connectivity index (χ1n) is 11.7. The predicted molar refractivity (Wildman–Crippen MR) is 131 cm³/mol. The third kappa shape index (κ3) is 4.66. The molecule has 5 rings (SSSR count). The molecule has 1 aromatic heterocycles. The number of aryl methyl sites for hydroxylation is 1. The summed E-state index contributed by atoms with van der Waals surface area (Å²) >= 11 is 7.67. The van der Waals surface area contributed by atoms with Crippen LogP contribution in [-0.4, -0.2) is 72.7 Å². The van der Waals surface area contributed by atoms with Crippen LogP contribution in [-0.2, 0) is 9.59 Å². The zero-order valence-corrected chi connectivity index (χ0v) is 20.4. The van der Waals surface area contributed by atoms with E-state index in [1.807, 2.05) is 23.1 Å². The molecule has 3 saturated heterocycles. The van der Waals surface area contributed by atoms with E-state index < -0.39 is 0 Å². The van der Waals surface area contributed by atoms with Crippen molar-refractivity contribution in [2.45, 2.75) is 32.6 Å². The van der Waals surface area contributed by atoms with Gasteiger partial charge in [0.1, 0.15) is 0 Å². The van der Waals surface area contributed by atoms with Crippen LogP contribution >= 0.6 is 22.9 Å². The van der Waals surface area contributed by atoms with E-state index in [-0.39, 0.29) is 17.7 Å². The van der Waals surface area contributed by atoms with Crippen molar-refractivity contribution in [1.29, 1.82) is 0 Å². The van der Waals surface area contributed by atoms with Gasteiger partial charge in [-0.05, 0) is 43.9 Å². The number of rotatable bonds is 4. The molecule has 0 saturated carbocycles. The molecule has 0 spiro atoms. The maximum absolute atomic E-state index is 13.2. The van der Waals surface area contributed by atoms with Gasteiger partial charge >= 0.3 is 0 Å². The molecule has 33 heavy (non-hydrogen) atoms. The molecule has 3 fully saturated rings. The quantitative estimate of drug-likeness (QED) is 0.658. The molecular weight excluding hydrogens is 460 g/mol. The Morgan fingerprint density at radius 2 is 1.73 bits per heavy atom. The Labute approximate surface area is 203 Å². The third-order valence-electron chi connectivity index (χ3n) is 6.93. The molecule has 3 aliphatic heterocycles. The van der Waals surface area contributed by atoms with E-state index in [0.29, 0.717) is 11.6 Å². The molecule has 4 heterocycles. The molecule has 0 atom stereocenters. The molecule has 0 N–H and O–H groups in total. The molecule has 8 nitrogen and oxygen atoms in total. The number of hydrogen-bond acceptors (Lipinski definition) is 7. The van der Waals surface area contributed by atoms with Gasteiger partial charge < -0.3 is 14.7 Å². The van der Waals surface area contributed by atoms with Gasteiger partial charge in [-0.15, -0.1) is 10.2 Å². The largest absolute Gasteiger partial charge is 0.368 e. The fourth-order valence-corrected chi connectivity index (χ4v) is 6.07. The third-order valence-corrected chi connectivity index (χ3v) is 8.17. The summed E-state index contributed by atoms with van der Waals surface area (Å²) < 4.78 is 0. The Bertz CT molecular complexity index is 1030. The lowest BCUT2D eigenvalue weighted by molar-refractivity contribution is -0.136. The van der Waals surface area contributed by atoms with Crippen molar-refractivity contribution in [3.63, 3.8) is 0 Å². The van der Waals surface area contributed by atoms with Gasteiger partial charge in [0, 0.05) is 68.9 Å². The van der Waals surface area contributed by atoms with Crippen LogP contribution in [0.2, 0.25) is 5.02 Å². The minimum absolute atomic E-state index is 0.0632. The van der Waals surface area contributed by atoms with E-state index in [1.165, 1.54) is 16.9 Å². The molecule has 1 aromatic carbocycles. The van der Waals surface area contributed by atoms with Gasteiger partial charge in [0.15, 0.2) is 0 Å². The lowest BCUT2D eigenvalue weighted by atomic mass is 9.95. The van der Waals surface area contributed by atoms with Crippen LogP contribution in [0.15, 0.2) is 18.2 Å². The number of carbonyl (C=O) groups is 2. The minimum atomic E-state index is 0.0632. The number of piperidine rings is 1. The smallest absolute Gasteiger partial charge is 0.228 e. The molecule has 176 valence electrons. The summed E-state index contributed by atoms with van der Waals surface area (Å²) in [5, 5.41) is 10.8. The maximum Gasteiger partial charge on any atom is 0.228 e. The lowest BCUT2D eigenvalue weighted by Gasteiger charge is -2.39. The number of carbonyl (C=O) groups excluding carboxylic acids is 2. The van der Waals surface area contributed by atoms with Crippen LogP contribution in [0.5, 0.6) is 0 Å². The summed E-state index contributed by atoms with van der Waals surface area (Å²) in [5.41, 5.74) is 2.37. The molecular formula is C23H29ClN6O2S. The first-order valence-corrected chi connectivity index (χ1v) is 12.9. The van der Waals surface area contributed by atoms with Crippen molar-refractivity contribution in [3.05, 3.63) is 28.8 Å². The van der Waals surface area contributed by atoms with Gasteiger partial charge in [-0.25, -0.2) is 0 Å². The molecule has 2 amide bonds. The number of piperazine rings is 1. The second-order valence-corrected chi connectivity index (χ2v) is 10.4. The fraction of sp³-hybridized carbons (Fsp3) is 0.565. The highest BCUT2D eigenvalue weighted by Crippen LogP contribution is 2.33. The highest BCUT2D eigenvalue weighted by Gasteiger charge is 2.32. The number of nitrogens with zero attached hydrogens (tertiary/aromatic N) is 6. The number of benzene rings is 1. The zero-order valence-electron chi connectivity index (χ0n) is 18.9. The number of aromatic nitrogens is 2. The van der Waals surface area contributed by atoms with Crippen LogP contribution in [0.25, 0.3) is 0 Å². The van der Waals surface area contributed by atoms with E-state index in [4.69, 9.17) is 11.6 Å². The Balaban J connectivity index is 1.13. The van der Waals surface area contributed by atoms with Gasteiger partial charge in [-0.2, -0.15) is 0 Å². The highest BCUT2D eigenvalue weighted by atomic mass is 35.5. The van der Waals surface area contributed by atoms with Crippen molar-refractivity contribution in [3.8, 4) is 0 Å². The number of hydrogen-bond donors (Lipinski definition) is 0. The van der Waals surface area contributed by atoms with Crippen molar-refractivity contribution in [1.82, 2.24) is 15.1 Å². The monoisotopic (exact) mass is 488 g/mol. The minimum Gasteiger partial charge on any atom is -0.368 e. The van der Waals surface area contributed by atoms with Gasteiger partial charge in [0.2, 0.25) is 22.1 Å². The Morgan fingerprint density at radius 3 is 2.42 bits per heavy atom. The highest BCUT2D eigenvalue weighted by molar-refractivity contribution is 7.19. The number of halogens is 1. The van der Waals surface area contributed by atoms with Crippen LogP contribution in [0, 0.1) is 12.8 Å². The summed E-state index contributed by atoms with van der Waals surface area (Å²) in [6, 6.07) is 5.98. The second kappa shape index (κ2) is 9.46. The normalized spacial score (nSPS) is 20.1. The van der Waals surface area contributed by atoms with Gasteiger partial charge in [0.05, 0.1) is 0 Å². The zero-order chi connectivity index (χ0) is 22.9. The van der Waals surface area contributed by atoms with Gasteiger partial charge in [-0.3, -0.25) is 14.5 Å². The first kappa shape index (κ1) is 22.4. The van der Waals surface area contributed by atoms with Crippen LogP contribution < -0.4 is 14.7 Å². The van der Waals surface area contributed by atoms with E-state index in [0.717, 1.165) is 80.9 Å². The van der Waals surface area contributed by atoms with Gasteiger partial charge in [-0.1, -0.05) is 29.0 Å². The molecule has 2 aromatic rings. The van der Waals surface area contributed by atoms with E-state index in [1.54, 1.807) is 4.90 Å². The van der Waals surface area contributed by atoms with Crippen LogP contribution in [0.4, 0.5) is 16.0 Å². The van der Waals surface area contributed by atoms with Crippen molar-refractivity contribution in [2.24, 2.45) is 5.92 Å². The number of amides is 2. The van der Waals surface area contributed by atoms with Crippen molar-refractivity contribution >= 4 is 50.7 Å². The summed E-state index contributed by atoms with van der Waals surface area (Å²) in [6.45, 7) is 7.56. The summed E-state index contributed by atoms with van der Waals surface area (Å²) in [4.78, 5) is 33.4. The number of anilines is 3. The topological polar surface area (TPSA) is 72.9 Å². The van der Waals surface area contributed by atoms with Crippen LogP contribution in [0.3, 0.4) is 0 Å². The molecule has 0 aliphatic carbocycles. The van der Waals surface area contributed by atoms with E-state index >= 15 is 0 Å². The standard InChI is InChI=1S/C23H29ClN6O2S/c1-16-4-5-18(24)15-19(16)27-11-13-28(14-12-27)21(32)17-6-9-29(10-7-17)22-25-26-23(33-22)30-8-2-3-20(30)31/h4-5,15,17H,2-3,6-14H2,1H3. The second-order valence-electron chi connectivity index (χ2n) is 9.02. The Kier molecular flexibility index (Phi) is 6.42. The summed E-state index contributed by atoms with van der Waals surface area (Å²) in [5.74, 6) is 0.471. The molecule has 10 heteroatoms. The molecule has 0 radical (unpaired) electrons. The van der Waals surface area contributed by atoms with Gasteiger partial charge in [0.25, 0.3) is 0 Å². The lowest BCUT2D eigenvalue weighted by Crippen LogP contribution is -2.51. The van der Waals surface area contributed by atoms with Crippen molar-refractivity contribution < 1.29 is 9.59 Å². The first-order chi connectivity index (χ1) is 16.0. The average Bonchev–Trinajstić information content (AvgIpc) is 3.49. The SMILES string of the molecule is Cc1ccc(Cl)cc1N1CCN(C(=O)C2CCN(c3nnc(N4CCCC4=O)s3)CC2)CC1. The maximum atomic E-state index is 13.2. The Hall–Kier alpha value is -2.39. The van der Waals surface area contributed by atoms with Crippen LogP contribution in [0.1, 0.15) is 31.2 Å². The molecule has 0 unspecified atom stereocenters. The average molecular weight is 489 g/mol. The van der Waals surface area contributed by atoms with E-state index in [2.05, 4.69) is 26.9 Å². The fourth-order valence-electron chi connectivity index (χ4n) is 4.96. The summed E-state index contributed by atoms with van der Waals surface area (Å²) in [6.07, 6.45) is 3.12. The Morgan fingerprint density at radius 1 is 1.00 bits per heavy atom. The van der Waals surface area contributed by atoms with Crippen molar-refractivity contribution in [2.75, 3.05) is 60.5 Å². The predicted octanol–water partition coefficient (Wildman–Crippen LogP) is 3.19. The summed E-state index contributed by atoms with van der Waals surface area (Å²) in [7, 11) is 0. The molecule has 3 aliphatic rings. The molecule has 0 bridgehead atoms. The van der Waals surface area contributed by atoms with E-state index in [9.17, 15) is 9.59 Å².